The van der Waals surface area contributed by atoms with Gasteiger partial charge in [-0.1, -0.05) is 6.07 Å². The molecule has 23 heavy (non-hydrogen) atoms. The van der Waals surface area contributed by atoms with Crippen LogP contribution in [0.5, 0.6) is 11.5 Å². The molecule has 1 aromatic carbocycles. The van der Waals surface area contributed by atoms with Crippen molar-refractivity contribution in [1.29, 1.82) is 0 Å². The van der Waals surface area contributed by atoms with Gasteiger partial charge in [-0.3, -0.25) is 4.79 Å². The van der Waals surface area contributed by atoms with Gasteiger partial charge >= 0.3 is 0 Å². The number of carbonyl (C=O) groups is 1. The summed E-state index contributed by atoms with van der Waals surface area (Å²) < 4.78 is 35.0. The lowest BCUT2D eigenvalue weighted by atomic mass is 10.1. The molecule has 0 aliphatic carbocycles. The van der Waals surface area contributed by atoms with Gasteiger partial charge in [0.15, 0.2) is 11.5 Å². The minimum atomic E-state index is -3.36. The van der Waals surface area contributed by atoms with Crippen LogP contribution in [-0.4, -0.2) is 51.7 Å². The van der Waals surface area contributed by atoms with Crippen LogP contribution in [0.3, 0.4) is 0 Å². The van der Waals surface area contributed by atoms with E-state index in [0.717, 1.165) is 11.8 Å². The van der Waals surface area contributed by atoms with E-state index in [0.29, 0.717) is 37.4 Å². The van der Waals surface area contributed by atoms with Crippen LogP contribution in [0, 0.1) is 0 Å². The molecular weight excluding hydrogens is 320 g/mol. The summed E-state index contributed by atoms with van der Waals surface area (Å²) in [5.74, 6) is 0.919. The van der Waals surface area contributed by atoms with Gasteiger partial charge in [-0.05, 0) is 30.5 Å². The Balaban J connectivity index is 2.02. The summed E-state index contributed by atoms with van der Waals surface area (Å²) in [7, 11) is -0.264. The standard InChI is InChI=1S/C15H22N2O5S/c1-21-13-7-6-11(9-14(13)22-2)10-16-15(18)12-5-4-8-17(12)23(3,19)20/h6-7,9,12H,4-5,8,10H2,1-3H3,(H,16,18). The third kappa shape index (κ3) is 4.14. The third-order valence-electron chi connectivity index (χ3n) is 3.85. The Kier molecular flexibility index (Phi) is 5.48. The van der Waals surface area contributed by atoms with Gasteiger partial charge in [0.1, 0.15) is 6.04 Å². The van der Waals surface area contributed by atoms with Crippen molar-refractivity contribution in [1.82, 2.24) is 9.62 Å². The van der Waals surface area contributed by atoms with E-state index in [4.69, 9.17) is 9.47 Å². The summed E-state index contributed by atoms with van der Waals surface area (Å²) >= 11 is 0. The van der Waals surface area contributed by atoms with Gasteiger partial charge in [-0.2, -0.15) is 4.31 Å². The Labute approximate surface area is 136 Å². The molecule has 1 atom stereocenters. The second kappa shape index (κ2) is 7.18. The number of nitrogens with zero attached hydrogens (tertiary/aromatic N) is 1. The fourth-order valence-corrected chi connectivity index (χ4v) is 3.82. The van der Waals surface area contributed by atoms with Crippen LogP contribution in [0.1, 0.15) is 18.4 Å². The van der Waals surface area contributed by atoms with Crippen LogP contribution in [0.4, 0.5) is 0 Å². The smallest absolute Gasteiger partial charge is 0.238 e. The average Bonchev–Trinajstić information content (AvgIpc) is 3.02. The average molecular weight is 342 g/mol. The maximum absolute atomic E-state index is 12.3. The lowest BCUT2D eigenvalue weighted by Gasteiger charge is -2.21. The Morgan fingerprint density at radius 3 is 2.61 bits per heavy atom. The number of benzene rings is 1. The van der Waals surface area contributed by atoms with E-state index < -0.39 is 16.1 Å². The molecule has 0 radical (unpaired) electrons. The lowest BCUT2D eigenvalue weighted by molar-refractivity contribution is -0.124. The SMILES string of the molecule is COc1ccc(CNC(=O)C2CCCN2S(C)(=O)=O)cc1OC. The predicted octanol–water partition coefficient (Wildman–Crippen LogP) is 0.744. The van der Waals surface area contributed by atoms with E-state index >= 15 is 0 Å². The molecule has 0 saturated carbocycles. The molecule has 1 aromatic rings. The minimum absolute atomic E-state index is 0.275. The number of ether oxygens (including phenoxy) is 2. The molecule has 7 nitrogen and oxygen atoms in total. The molecule has 0 aromatic heterocycles. The van der Waals surface area contributed by atoms with E-state index in [1.807, 2.05) is 6.07 Å². The van der Waals surface area contributed by atoms with Crippen LogP contribution >= 0.6 is 0 Å². The highest BCUT2D eigenvalue weighted by atomic mass is 32.2. The summed E-state index contributed by atoms with van der Waals surface area (Å²) in [6.07, 6.45) is 2.37. The Hall–Kier alpha value is -1.80. The summed E-state index contributed by atoms with van der Waals surface area (Å²) in [6, 6.07) is 4.75. The largest absolute Gasteiger partial charge is 0.493 e. The van der Waals surface area contributed by atoms with Crippen LogP contribution in [-0.2, 0) is 21.4 Å². The van der Waals surface area contributed by atoms with Crippen LogP contribution in [0.15, 0.2) is 18.2 Å². The summed E-state index contributed by atoms with van der Waals surface area (Å²) in [5.41, 5.74) is 0.847. The number of nitrogens with one attached hydrogen (secondary N) is 1. The first-order valence-electron chi connectivity index (χ1n) is 7.32. The van der Waals surface area contributed by atoms with Gasteiger partial charge in [0.05, 0.1) is 20.5 Å². The van der Waals surface area contributed by atoms with Crippen LogP contribution < -0.4 is 14.8 Å². The molecule has 0 spiro atoms. The van der Waals surface area contributed by atoms with Gasteiger partial charge in [0, 0.05) is 13.1 Å². The van der Waals surface area contributed by atoms with Crippen molar-refractivity contribution in [2.75, 3.05) is 27.0 Å². The molecule has 1 N–H and O–H groups in total. The number of methoxy groups -OCH3 is 2. The zero-order chi connectivity index (χ0) is 17.0. The van der Waals surface area contributed by atoms with Crippen molar-refractivity contribution in [3.8, 4) is 11.5 Å². The van der Waals surface area contributed by atoms with Gasteiger partial charge in [0.2, 0.25) is 15.9 Å². The first kappa shape index (κ1) is 17.6. The van der Waals surface area contributed by atoms with Crippen molar-refractivity contribution in [2.45, 2.75) is 25.4 Å². The Morgan fingerprint density at radius 2 is 2.00 bits per heavy atom. The van der Waals surface area contributed by atoms with E-state index in [-0.39, 0.29) is 5.91 Å². The predicted molar refractivity (Wildman–Crippen MR) is 86.0 cm³/mol. The zero-order valence-electron chi connectivity index (χ0n) is 13.5. The van der Waals surface area contributed by atoms with Crippen molar-refractivity contribution in [3.05, 3.63) is 23.8 Å². The molecule has 1 heterocycles. The molecule has 1 fully saturated rings. The van der Waals surface area contributed by atoms with Gasteiger partial charge in [-0.25, -0.2) is 8.42 Å². The quantitative estimate of drug-likeness (QED) is 0.824. The lowest BCUT2D eigenvalue weighted by Crippen LogP contribution is -2.45. The molecule has 1 aliphatic rings. The minimum Gasteiger partial charge on any atom is -0.493 e. The number of rotatable bonds is 6. The highest BCUT2D eigenvalue weighted by Crippen LogP contribution is 2.27. The van der Waals surface area contributed by atoms with Crippen LogP contribution in [0.25, 0.3) is 0 Å². The van der Waals surface area contributed by atoms with Crippen molar-refractivity contribution < 1.29 is 22.7 Å². The number of sulfonamides is 1. The van der Waals surface area contributed by atoms with Crippen LogP contribution in [0.2, 0.25) is 0 Å². The molecule has 128 valence electrons. The fraction of sp³-hybridized carbons (Fsp3) is 0.533. The third-order valence-corrected chi connectivity index (χ3v) is 5.14. The highest BCUT2D eigenvalue weighted by Gasteiger charge is 2.36. The Bertz CT molecular complexity index is 674. The Morgan fingerprint density at radius 1 is 1.30 bits per heavy atom. The van der Waals surface area contributed by atoms with Gasteiger partial charge in [0.25, 0.3) is 0 Å². The molecule has 8 heteroatoms. The molecular formula is C15H22N2O5S. The molecule has 1 amide bonds. The van der Waals surface area contributed by atoms with Crippen molar-refractivity contribution >= 4 is 15.9 Å². The van der Waals surface area contributed by atoms with Gasteiger partial charge < -0.3 is 14.8 Å². The van der Waals surface area contributed by atoms with E-state index in [1.54, 1.807) is 26.4 Å². The number of amides is 1. The monoisotopic (exact) mass is 342 g/mol. The molecule has 0 bridgehead atoms. The normalized spacial score (nSPS) is 18.7. The molecule has 1 aliphatic heterocycles. The number of carbonyl (C=O) groups excluding carboxylic acids is 1. The fourth-order valence-electron chi connectivity index (χ4n) is 2.70. The van der Waals surface area contributed by atoms with E-state index in [2.05, 4.69) is 5.32 Å². The van der Waals surface area contributed by atoms with E-state index in [9.17, 15) is 13.2 Å². The van der Waals surface area contributed by atoms with Crippen molar-refractivity contribution in [3.63, 3.8) is 0 Å². The second-order valence-electron chi connectivity index (χ2n) is 5.44. The number of hydrogen-bond acceptors (Lipinski definition) is 5. The van der Waals surface area contributed by atoms with Crippen molar-refractivity contribution in [2.24, 2.45) is 0 Å². The summed E-state index contributed by atoms with van der Waals surface area (Å²) in [5, 5.41) is 2.79. The molecule has 1 unspecified atom stereocenters. The first-order chi connectivity index (χ1) is 10.9. The summed E-state index contributed by atoms with van der Waals surface area (Å²) in [6.45, 7) is 0.695. The maximum atomic E-state index is 12.3. The summed E-state index contributed by atoms with van der Waals surface area (Å²) in [4.78, 5) is 12.3. The topological polar surface area (TPSA) is 84.9 Å². The zero-order valence-corrected chi connectivity index (χ0v) is 14.4. The first-order valence-corrected chi connectivity index (χ1v) is 9.17. The molecule has 1 saturated heterocycles. The maximum Gasteiger partial charge on any atom is 0.238 e. The van der Waals surface area contributed by atoms with E-state index in [1.165, 1.54) is 4.31 Å². The highest BCUT2D eigenvalue weighted by molar-refractivity contribution is 7.88. The van der Waals surface area contributed by atoms with Gasteiger partial charge in [-0.15, -0.1) is 0 Å². The number of hydrogen-bond donors (Lipinski definition) is 1. The second-order valence-corrected chi connectivity index (χ2v) is 7.37. The molecule has 2 rings (SSSR count).